The van der Waals surface area contributed by atoms with Crippen LogP contribution in [0.1, 0.15) is 26.4 Å². The summed E-state index contributed by atoms with van der Waals surface area (Å²) in [6, 6.07) is 1.30. The highest BCUT2D eigenvalue weighted by atomic mass is 35.5. The zero-order chi connectivity index (χ0) is 10.9. The third-order valence-electron chi connectivity index (χ3n) is 1.60. The van der Waals surface area contributed by atoms with E-state index in [9.17, 15) is 9.59 Å². The van der Waals surface area contributed by atoms with Crippen molar-refractivity contribution < 1.29 is 19.8 Å². The molecule has 5 nitrogen and oxygen atoms in total. The first-order valence-corrected chi connectivity index (χ1v) is 3.95. The molecule has 0 unspecified atom stereocenters. The predicted molar refractivity (Wildman–Crippen MR) is 47.9 cm³/mol. The van der Waals surface area contributed by atoms with E-state index in [-0.39, 0.29) is 16.3 Å². The first-order chi connectivity index (χ1) is 6.43. The maximum atomic E-state index is 10.7. The Labute approximate surface area is 84.0 Å². The SMILES string of the molecule is Cc1cc(Cl)nc(C(=O)O)c1C(=O)O. The molecule has 1 rings (SSSR count). The molecule has 1 aromatic heterocycles. The Morgan fingerprint density at radius 1 is 1.36 bits per heavy atom. The summed E-state index contributed by atoms with van der Waals surface area (Å²) in [5, 5.41) is 17.4. The van der Waals surface area contributed by atoms with E-state index >= 15 is 0 Å². The minimum Gasteiger partial charge on any atom is -0.478 e. The minimum atomic E-state index is -1.41. The molecule has 0 aromatic carbocycles. The summed E-state index contributed by atoms with van der Waals surface area (Å²) in [6.45, 7) is 1.46. The molecule has 14 heavy (non-hydrogen) atoms. The minimum absolute atomic E-state index is 0.0371. The number of aromatic carboxylic acids is 2. The molecule has 0 bridgehead atoms. The van der Waals surface area contributed by atoms with Crippen LogP contribution in [0.2, 0.25) is 5.15 Å². The van der Waals surface area contributed by atoms with Crippen molar-refractivity contribution in [1.29, 1.82) is 0 Å². The van der Waals surface area contributed by atoms with E-state index < -0.39 is 17.6 Å². The zero-order valence-corrected chi connectivity index (χ0v) is 7.87. The predicted octanol–water partition coefficient (Wildman–Crippen LogP) is 1.44. The highest BCUT2D eigenvalue weighted by Gasteiger charge is 2.20. The molecule has 0 aliphatic heterocycles. The van der Waals surface area contributed by atoms with E-state index in [1.54, 1.807) is 0 Å². The maximum absolute atomic E-state index is 10.7. The molecule has 0 fully saturated rings. The van der Waals surface area contributed by atoms with Gasteiger partial charge in [-0.25, -0.2) is 14.6 Å². The number of rotatable bonds is 2. The lowest BCUT2D eigenvalue weighted by Crippen LogP contribution is -2.12. The summed E-state index contributed by atoms with van der Waals surface area (Å²) < 4.78 is 0. The quantitative estimate of drug-likeness (QED) is 0.729. The zero-order valence-electron chi connectivity index (χ0n) is 7.11. The van der Waals surface area contributed by atoms with Crippen molar-refractivity contribution >= 4 is 23.5 Å². The first kappa shape index (κ1) is 10.5. The number of pyridine rings is 1. The molecule has 0 atom stereocenters. The fourth-order valence-electron chi connectivity index (χ4n) is 1.06. The van der Waals surface area contributed by atoms with Crippen LogP contribution in [0.25, 0.3) is 0 Å². The van der Waals surface area contributed by atoms with Gasteiger partial charge in [-0.3, -0.25) is 0 Å². The van der Waals surface area contributed by atoms with Crippen LogP contribution in [-0.4, -0.2) is 27.1 Å². The number of aryl methyl sites for hydroxylation is 1. The van der Waals surface area contributed by atoms with Gasteiger partial charge in [-0.05, 0) is 18.6 Å². The molecular formula is C8H6ClNO4. The Morgan fingerprint density at radius 2 is 1.93 bits per heavy atom. The molecule has 0 saturated carbocycles. The van der Waals surface area contributed by atoms with E-state index in [0.717, 1.165) is 0 Å². The number of carboxylic acids is 2. The molecule has 6 heteroatoms. The van der Waals surface area contributed by atoms with Gasteiger partial charge in [0.15, 0.2) is 5.69 Å². The lowest BCUT2D eigenvalue weighted by atomic mass is 10.1. The van der Waals surface area contributed by atoms with Crippen molar-refractivity contribution in [1.82, 2.24) is 4.98 Å². The van der Waals surface area contributed by atoms with E-state index in [0.29, 0.717) is 0 Å². The van der Waals surface area contributed by atoms with E-state index in [1.165, 1.54) is 13.0 Å². The number of nitrogens with zero attached hydrogens (tertiary/aromatic N) is 1. The van der Waals surface area contributed by atoms with Crippen molar-refractivity contribution in [3.8, 4) is 0 Å². The lowest BCUT2D eigenvalue weighted by Gasteiger charge is -2.04. The molecule has 0 amide bonds. The molecule has 0 saturated heterocycles. The van der Waals surface area contributed by atoms with Crippen molar-refractivity contribution in [2.45, 2.75) is 6.92 Å². The average molecular weight is 216 g/mol. The lowest BCUT2D eigenvalue weighted by molar-refractivity contribution is 0.0645. The second kappa shape index (κ2) is 3.63. The van der Waals surface area contributed by atoms with Crippen LogP contribution in [0, 0.1) is 6.92 Å². The van der Waals surface area contributed by atoms with E-state index in [1.807, 2.05) is 0 Å². The Bertz CT molecular complexity index is 416. The molecule has 74 valence electrons. The monoisotopic (exact) mass is 215 g/mol. The second-order valence-corrected chi connectivity index (χ2v) is 2.98. The Kier molecular flexibility index (Phi) is 2.71. The average Bonchev–Trinajstić information content (AvgIpc) is 2.01. The number of carbonyl (C=O) groups is 2. The van der Waals surface area contributed by atoms with Crippen molar-refractivity contribution in [2.24, 2.45) is 0 Å². The van der Waals surface area contributed by atoms with Crippen LogP contribution in [-0.2, 0) is 0 Å². The summed E-state index contributed by atoms with van der Waals surface area (Å²) in [7, 11) is 0. The van der Waals surface area contributed by atoms with Crippen LogP contribution in [0.4, 0.5) is 0 Å². The Balaban J connectivity index is 3.52. The van der Waals surface area contributed by atoms with E-state index in [2.05, 4.69) is 4.98 Å². The topological polar surface area (TPSA) is 87.5 Å². The summed E-state index contributed by atoms with van der Waals surface area (Å²) >= 11 is 5.50. The van der Waals surface area contributed by atoms with Gasteiger partial charge in [0.1, 0.15) is 5.15 Å². The van der Waals surface area contributed by atoms with Gasteiger partial charge in [0.25, 0.3) is 0 Å². The number of hydrogen-bond acceptors (Lipinski definition) is 3. The number of aromatic nitrogens is 1. The van der Waals surface area contributed by atoms with Crippen LogP contribution >= 0.6 is 11.6 Å². The Morgan fingerprint density at radius 3 is 2.36 bits per heavy atom. The second-order valence-electron chi connectivity index (χ2n) is 2.60. The van der Waals surface area contributed by atoms with Gasteiger partial charge in [-0.15, -0.1) is 0 Å². The largest absolute Gasteiger partial charge is 0.478 e. The van der Waals surface area contributed by atoms with Crippen LogP contribution in [0.5, 0.6) is 0 Å². The Hall–Kier alpha value is -1.62. The standard InChI is InChI=1S/C8H6ClNO4/c1-3-2-4(9)10-6(8(13)14)5(3)7(11)12/h2H,1H3,(H,11,12)(H,13,14). The number of halogens is 1. The molecular weight excluding hydrogens is 210 g/mol. The summed E-state index contributed by atoms with van der Waals surface area (Å²) in [5.41, 5.74) is -0.598. The normalized spacial score (nSPS) is 9.86. The molecule has 1 heterocycles. The van der Waals surface area contributed by atoms with Crippen LogP contribution in [0.3, 0.4) is 0 Å². The van der Waals surface area contributed by atoms with Gasteiger partial charge in [0.05, 0.1) is 5.56 Å². The van der Waals surface area contributed by atoms with Crippen LogP contribution in [0.15, 0.2) is 6.07 Å². The third-order valence-corrected chi connectivity index (χ3v) is 1.80. The summed E-state index contributed by atoms with van der Waals surface area (Å²) in [5.74, 6) is -2.74. The molecule has 0 radical (unpaired) electrons. The fraction of sp³-hybridized carbons (Fsp3) is 0.125. The molecule has 1 aromatic rings. The van der Waals surface area contributed by atoms with Gasteiger partial charge < -0.3 is 10.2 Å². The first-order valence-electron chi connectivity index (χ1n) is 3.57. The maximum Gasteiger partial charge on any atom is 0.355 e. The van der Waals surface area contributed by atoms with Crippen molar-refractivity contribution in [2.75, 3.05) is 0 Å². The van der Waals surface area contributed by atoms with Gasteiger partial charge in [-0.2, -0.15) is 0 Å². The van der Waals surface area contributed by atoms with Crippen molar-refractivity contribution in [3.63, 3.8) is 0 Å². The van der Waals surface area contributed by atoms with Gasteiger partial charge in [-0.1, -0.05) is 11.6 Å². The fourth-order valence-corrected chi connectivity index (χ4v) is 1.31. The van der Waals surface area contributed by atoms with Crippen molar-refractivity contribution in [3.05, 3.63) is 28.0 Å². The highest BCUT2D eigenvalue weighted by molar-refractivity contribution is 6.29. The molecule has 0 spiro atoms. The summed E-state index contributed by atoms with van der Waals surface area (Å²) in [6.07, 6.45) is 0. The highest BCUT2D eigenvalue weighted by Crippen LogP contribution is 2.17. The molecule has 0 aliphatic rings. The molecule has 0 aliphatic carbocycles. The van der Waals surface area contributed by atoms with Gasteiger partial charge in [0.2, 0.25) is 0 Å². The van der Waals surface area contributed by atoms with Gasteiger partial charge in [0, 0.05) is 0 Å². The number of hydrogen-bond donors (Lipinski definition) is 2. The molecule has 2 N–H and O–H groups in total. The smallest absolute Gasteiger partial charge is 0.355 e. The van der Waals surface area contributed by atoms with E-state index in [4.69, 9.17) is 21.8 Å². The third kappa shape index (κ3) is 1.82. The number of carboxylic acid groups (broad SMARTS) is 2. The summed E-state index contributed by atoms with van der Waals surface area (Å²) in [4.78, 5) is 24.8. The van der Waals surface area contributed by atoms with Crippen LogP contribution < -0.4 is 0 Å². The van der Waals surface area contributed by atoms with Gasteiger partial charge >= 0.3 is 11.9 Å².